The zero-order chi connectivity index (χ0) is 15.0. The number of aliphatic hydroxyl groups excluding tert-OH is 1. The second-order valence-corrected chi connectivity index (χ2v) is 8.04. The van der Waals surface area contributed by atoms with Crippen molar-refractivity contribution in [2.45, 2.75) is 16.2 Å². The van der Waals surface area contributed by atoms with Crippen molar-refractivity contribution in [2.24, 2.45) is 0 Å². The molecule has 4 aliphatic heterocycles. The molecule has 0 radical (unpaired) electrons. The number of carbonyl (C=O) groups excluding carboxylic acids is 2. The molecule has 0 unspecified atom stereocenters. The highest BCUT2D eigenvalue weighted by Gasteiger charge is 2.71. The SMILES string of the molecule is CN1C(=O)[C@]23Cc4cccc(O)c4N2C(=O)[C@@]1(CO)SS3. The highest BCUT2D eigenvalue weighted by Crippen LogP contribution is 2.64. The molecule has 1 spiro atoms. The summed E-state index contributed by atoms with van der Waals surface area (Å²) in [5, 5.41) is 19.8. The van der Waals surface area contributed by atoms with E-state index in [1.54, 1.807) is 13.1 Å². The van der Waals surface area contributed by atoms with Crippen molar-refractivity contribution in [1.29, 1.82) is 0 Å². The molecule has 2 N–H and O–H groups in total. The van der Waals surface area contributed by atoms with Crippen LogP contribution in [0.5, 0.6) is 5.75 Å². The third-order valence-electron chi connectivity index (χ3n) is 4.36. The molecule has 2 amide bonds. The van der Waals surface area contributed by atoms with E-state index >= 15 is 0 Å². The Morgan fingerprint density at radius 3 is 2.76 bits per heavy atom. The first-order valence-corrected chi connectivity index (χ1v) is 8.54. The summed E-state index contributed by atoms with van der Waals surface area (Å²) in [4.78, 5) is 26.1. The molecular weight excluding hydrogens is 312 g/mol. The largest absolute Gasteiger partial charge is 0.506 e. The van der Waals surface area contributed by atoms with Crippen LogP contribution in [-0.4, -0.2) is 50.3 Å². The number of nitrogens with zero attached hydrogens (tertiary/aromatic N) is 2. The summed E-state index contributed by atoms with van der Waals surface area (Å²) in [7, 11) is 4.06. The van der Waals surface area contributed by atoms with Gasteiger partial charge in [0.1, 0.15) is 5.75 Å². The van der Waals surface area contributed by atoms with Gasteiger partial charge in [0.25, 0.3) is 11.8 Å². The number of rotatable bonds is 1. The zero-order valence-corrected chi connectivity index (χ0v) is 12.7. The summed E-state index contributed by atoms with van der Waals surface area (Å²) < 4.78 is 0. The van der Waals surface area contributed by atoms with E-state index in [-0.39, 0.29) is 17.6 Å². The third kappa shape index (κ3) is 1.27. The monoisotopic (exact) mass is 324 g/mol. The van der Waals surface area contributed by atoms with Crippen molar-refractivity contribution >= 4 is 39.1 Å². The molecule has 1 aromatic rings. The number of aromatic hydroxyl groups is 1. The number of aliphatic hydroxyl groups is 1. The second-order valence-electron chi connectivity index (χ2n) is 5.36. The van der Waals surface area contributed by atoms with Crippen LogP contribution in [0.3, 0.4) is 0 Å². The molecule has 4 aliphatic rings. The van der Waals surface area contributed by atoms with Gasteiger partial charge in [0.05, 0.1) is 12.3 Å². The van der Waals surface area contributed by atoms with Gasteiger partial charge in [0.2, 0.25) is 4.87 Å². The van der Waals surface area contributed by atoms with E-state index in [2.05, 4.69) is 0 Å². The predicted molar refractivity (Wildman–Crippen MR) is 79.8 cm³/mol. The van der Waals surface area contributed by atoms with E-state index in [0.29, 0.717) is 12.1 Å². The normalized spacial score (nSPS) is 33.4. The number of para-hydroxylation sites is 1. The number of carbonyl (C=O) groups is 2. The number of phenols is 1. The highest BCUT2D eigenvalue weighted by atomic mass is 33.1. The van der Waals surface area contributed by atoms with Crippen LogP contribution in [0.2, 0.25) is 0 Å². The molecule has 3 fully saturated rings. The van der Waals surface area contributed by atoms with Crippen molar-refractivity contribution in [3.05, 3.63) is 23.8 Å². The first kappa shape index (κ1) is 13.3. The fourth-order valence-corrected chi connectivity index (χ4v) is 6.72. The molecule has 21 heavy (non-hydrogen) atoms. The molecule has 4 heterocycles. The molecule has 6 nitrogen and oxygen atoms in total. The zero-order valence-electron chi connectivity index (χ0n) is 11.1. The maximum Gasteiger partial charge on any atom is 0.268 e. The first-order chi connectivity index (χ1) is 9.98. The van der Waals surface area contributed by atoms with Gasteiger partial charge in [-0.1, -0.05) is 22.9 Å². The average Bonchev–Trinajstić information content (AvgIpc) is 2.83. The van der Waals surface area contributed by atoms with Crippen LogP contribution < -0.4 is 4.90 Å². The molecule has 2 atom stereocenters. The summed E-state index contributed by atoms with van der Waals surface area (Å²) in [6.07, 6.45) is 0.366. The summed E-state index contributed by atoms with van der Waals surface area (Å²) in [6, 6.07) is 5.02. The Morgan fingerprint density at radius 2 is 2.05 bits per heavy atom. The van der Waals surface area contributed by atoms with Crippen molar-refractivity contribution in [2.75, 3.05) is 18.6 Å². The summed E-state index contributed by atoms with van der Waals surface area (Å²) in [5.74, 6) is -0.578. The number of amides is 2. The van der Waals surface area contributed by atoms with Crippen molar-refractivity contribution in [1.82, 2.24) is 4.90 Å². The van der Waals surface area contributed by atoms with Gasteiger partial charge < -0.3 is 15.1 Å². The van der Waals surface area contributed by atoms with Crippen LogP contribution in [0.4, 0.5) is 5.69 Å². The summed E-state index contributed by atoms with van der Waals surface area (Å²) in [6.45, 7) is -0.457. The molecule has 0 saturated carbocycles. The van der Waals surface area contributed by atoms with Crippen LogP contribution in [0, 0.1) is 0 Å². The van der Waals surface area contributed by atoms with Crippen LogP contribution in [0.1, 0.15) is 5.56 Å². The number of anilines is 1. The predicted octanol–water partition coefficient (Wildman–Crippen LogP) is 0.533. The van der Waals surface area contributed by atoms with Gasteiger partial charge in [-0.3, -0.25) is 14.5 Å². The minimum atomic E-state index is -1.31. The van der Waals surface area contributed by atoms with E-state index in [1.165, 1.54) is 37.5 Å². The van der Waals surface area contributed by atoms with E-state index in [1.807, 2.05) is 6.07 Å². The van der Waals surface area contributed by atoms with E-state index in [9.17, 15) is 19.8 Å². The second kappa shape index (κ2) is 3.88. The molecule has 0 aromatic heterocycles. The van der Waals surface area contributed by atoms with Crippen LogP contribution in [0.25, 0.3) is 0 Å². The van der Waals surface area contributed by atoms with E-state index < -0.39 is 16.3 Å². The summed E-state index contributed by atoms with van der Waals surface area (Å²) >= 11 is 0. The lowest BCUT2D eigenvalue weighted by Crippen LogP contribution is -2.77. The Morgan fingerprint density at radius 1 is 1.29 bits per heavy atom. The van der Waals surface area contributed by atoms with Gasteiger partial charge in [-0.05, 0) is 22.4 Å². The maximum absolute atomic E-state index is 12.9. The number of piperazine rings is 1. The Balaban J connectivity index is 1.99. The van der Waals surface area contributed by atoms with Crippen LogP contribution in [0.15, 0.2) is 18.2 Å². The molecule has 8 heteroatoms. The quantitative estimate of drug-likeness (QED) is 0.734. The van der Waals surface area contributed by atoms with Gasteiger partial charge in [-0.15, -0.1) is 0 Å². The Hall–Kier alpha value is -1.38. The number of phenolic OH excluding ortho intramolecular Hbond substituents is 1. The van der Waals surface area contributed by atoms with Gasteiger partial charge >= 0.3 is 0 Å². The molecule has 3 saturated heterocycles. The number of likely N-dealkylation sites (N-methyl/N-ethyl adjacent to an activating group) is 1. The van der Waals surface area contributed by atoms with Crippen LogP contribution >= 0.6 is 21.6 Å². The topological polar surface area (TPSA) is 81.1 Å². The third-order valence-corrected chi connectivity index (χ3v) is 7.98. The van der Waals surface area contributed by atoms with Crippen molar-refractivity contribution in [3.63, 3.8) is 0 Å². The molecule has 1 aromatic carbocycles. The fourth-order valence-electron chi connectivity index (χ4n) is 3.21. The lowest BCUT2D eigenvalue weighted by molar-refractivity contribution is -0.149. The molecule has 5 rings (SSSR count). The minimum absolute atomic E-state index is 0.0144. The van der Waals surface area contributed by atoms with E-state index in [0.717, 1.165) is 5.56 Å². The number of hydrogen-bond acceptors (Lipinski definition) is 6. The van der Waals surface area contributed by atoms with Gasteiger partial charge in [0, 0.05) is 13.5 Å². The lowest BCUT2D eigenvalue weighted by atomic mass is 10.0. The molecule has 2 bridgehead atoms. The van der Waals surface area contributed by atoms with Gasteiger partial charge in [0.15, 0.2) is 4.87 Å². The average molecular weight is 324 g/mol. The number of hydrogen-bond donors (Lipinski definition) is 2. The molecule has 0 aliphatic carbocycles. The smallest absolute Gasteiger partial charge is 0.268 e. The highest BCUT2D eigenvalue weighted by molar-refractivity contribution is 8.78. The van der Waals surface area contributed by atoms with Gasteiger partial charge in [-0.2, -0.15) is 0 Å². The minimum Gasteiger partial charge on any atom is -0.506 e. The Kier molecular flexibility index (Phi) is 2.45. The lowest BCUT2D eigenvalue weighted by Gasteiger charge is -2.57. The first-order valence-electron chi connectivity index (χ1n) is 6.39. The standard InChI is InChI=1S/C13H12N2O4S2/c1-14-10(18)12-5-7-3-2-4-8(17)9(7)15(12)11(19)13(14,6-16)21-20-12/h2-4,16-17H,5-6H2,1H3/t12-,13-/m1/s1. The fraction of sp³-hybridized carbons (Fsp3) is 0.385. The van der Waals surface area contributed by atoms with Gasteiger partial charge in [-0.25, -0.2) is 0 Å². The Bertz CT molecular complexity index is 697. The molecular formula is C13H12N2O4S2. The van der Waals surface area contributed by atoms with E-state index in [4.69, 9.17) is 0 Å². The van der Waals surface area contributed by atoms with Crippen LogP contribution in [-0.2, 0) is 16.0 Å². The van der Waals surface area contributed by atoms with Crippen molar-refractivity contribution in [3.8, 4) is 5.75 Å². The maximum atomic E-state index is 12.9. The molecule has 110 valence electrons. The Labute approximate surface area is 128 Å². The summed E-state index contributed by atoms with van der Waals surface area (Å²) in [5.41, 5.74) is 1.17. The number of fused-ring (bicyclic) bond motifs is 3. The number of benzene rings is 1. The van der Waals surface area contributed by atoms with Crippen molar-refractivity contribution < 1.29 is 19.8 Å².